The van der Waals surface area contributed by atoms with E-state index in [0.29, 0.717) is 5.82 Å². The van der Waals surface area contributed by atoms with Gasteiger partial charge in [0.2, 0.25) is 6.29 Å². The first-order chi connectivity index (χ1) is 22.5. The van der Waals surface area contributed by atoms with Gasteiger partial charge < -0.3 is 19.6 Å². The minimum absolute atomic E-state index is 0.210. The number of aryl methyl sites for hydroxylation is 1. The average Bonchev–Trinajstić information content (AvgIpc) is 3.07. The summed E-state index contributed by atoms with van der Waals surface area (Å²) in [5.74, 6) is 0.604. The monoisotopic (exact) mass is 666 g/mol. The van der Waals surface area contributed by atoms with Gasteiger partial charge in [-0.25, -0.2) is 14.5 Å². The summed E-state index contributed by atoms with van der Waals surface area (Å²) in [4.78, 5) is 46.6. The van der Waals surface area contributed by atoms with Gasteiger partial charge in [-0.3, -0.25) is 9.13 Å². The molecule has 0 aliphatic rings. The molecule has 0 radical (unpaired) electrons. The Morgan fingerprint density at radius 2 is 0.915 bits per heavy atom. The Labute approximate surface area is 271 Å². The zero-order valence-electron chi connectivity index (χ0n) is 25.1. The summed E-state index contributed by atoms with van der Waals surface area (Å²) >= 11 is 0. The summed E-state index contributed by atoms with van der Waals surface area (Å²) in [6.07, 6.45) is 6.35. The first kappa shape index (κ1) is 32.3. The van der Waals surface area contributed by atoms with E-state index in [2.05, 4.69) is 0 Å². The van der Waals surface area contributed by atoms with E-state index < -0.39 is 15.2 Å². The fourth-order valence-corrected chi connectivity index (χ4v) is 6.23. The van der Waals surface area contributed by atoms with Gasteiger partial charge in [-0.1, -0.05) is 78.9 Å². The minimum atomic E-state index is -4.16. The highest BCUT2D eigenvalue weighted by Crippen LogP contribution is 2.35. The molecule has 0 saturated heterocycles. The second-order valence-corrected chi connectivity index (χ2v) is 14.5. The predicted molar refractivity (Wildman–Crippen MR) is 179 cm³/mol. The highest BCUT2D eigenvalue weighted by Gasteiger charge is 2.20. The van der Waals surface area contributed by atoms with Crippen LogP contribution < -0.4 is 9.13 Å². The molecule has 0 spiro atoms. The third-order valence-corrected chi connectivity index (χ3v) is 9.04. The van der Waals surface area contributed by atoms with Crippen LogP contribution in [0, 0.1) is 0 Å². The highest BCUT2D eigenvalue weighted by molar-refractivity contribution is 7.51. The smallest absolute Gasteiger partial charge is 0.324 e. The number of aromatic nitrogens is 4. The molecule has 0 saturated carbocycles. The van der Waals surface area contributed by atoms with Crippen LogP contribution >= 0.6 is 15.2 Å². The number of hydrogen-bond acceptors (Lipinski definition) is 4. The quantitative estimate of drug-likeness (QED) is 0.108. The standard InChI is InChI=1S/C35H30N4O6P2/c40-46(41,42)23-22-38-18-14-28(15-19-38)26-6-10-30(11-7-26)33-24-34(37-35(36-33)32-4-2-1-3-5-32)31-12-8-27(9-13-31)29-16-20-39(21-17-29)25-47(43,44)45/h1-21,24H,22-23,25H2,(H2-2,40,41,42,43,44,45)/p+2. The third-order valence-electron chi connectivity index (χ3n) is 7.57. The number of pyridine rings is 2. The molecule has 3 aromatic heterocycles. The molecule has 0 unspecified atom stereocenters. The Morgan fingerprint density at radius 3 is 1.36 bits per heavy atom. The average molecular weight is 667 g/mol. The van der Waals surface area contributed by atoms with Gasteiger partial charge in [0, 0.05) is 41.0 Å². The zero-order valence-corrected chi connectivity index (χ0v) is 26.9. The maximum absolute atomic E-state index is 11.3. The van der Waals surface area contributed by atoms with Crippen molar-refractivity contribution < 1.29 is 37.8 Å². The van der Waals surface area contributed by atoms with Crippen LogP contribution in [-0.2, 0) is 22.0 Å². The third kappa shape index (κ3) is 8.58. The maximum atomic E-state index is 11.3. The van der Waals surface area contributed by atoms with E-state index in [9.17, 15) is 18.9 Å². The molecule has 10 nitrogen and oxygen atoms in total. The van der Waals surface area contributed by atoms with Gasteiger partial charge >= 0.3 is 15.2 Å². The Bertz CT molecular complexity index is 2080. The largest absolute Gasteiger partial charge is 0.390 e. The lowest BCUT2D eigenvalue weighted by Crippen LogP contribution is -2.34. The Hall–Kier alpha value is -4.66. The second-order valence-electron chi connectivity index (χ2n) is 11.1. The van der Waals surface area contributed by atoms with Gasteiger partial charge in [0.25, 0.3) is 0 Å². The van der Waals surface area contributed by atoms with E-state index in [1.54, 1.807) is 17.0 Å². The first-order valence-electron chi connectivity index (χ1n) is 14.7. The Balaban J connectivity index is 1.27. The van der Waals surface area contributed by atoms with Gasteiger partial charge in [-0.2, -0.15) is 4.57 Å². The summed E-state index contributed by atoms with van der Waals surface area (Å²) in [6.45, 7) is 0.236. The van der Waals surface area contributed by atoms with Crippen LogP contribution in [-0.4, -0.2) is 35.7 Å². The minimum Gasteiger partial charge on any atom is -0.324 e. The molecule has 236 valence electrons. The summed E-state index contributed by atoms with van der Waals surface area (Å²) in [6, 6.07) is 35.3. The number of nitrogens with zero attached hydrogens (tertiary/aromatic N) is 4. The summed E-state index contributed by atoms with van der Waals surface area (Å²) < 4.78 is 25.8. The van der Waals surface area contributed by atoms with Crippen LogP contribution in [0.15, 0.2) is 134 Å². The van der Waals surface area contributed by atoms with E-state index in [1.165, 1.54) is 4.57 Å². The number of benzene rings is 3. The van der Waals surface area contributed by atoms with Crippen LogP contribution in [0.5, 0.6) is 0 Å². The van der Waals surface area contributed by atoms with Crippen molar-refractivity contribution in [3.8, 4) is 56.2 Å². The van der Waals surface area contributed by atoms with Crippen LogP contribution in [0.1, 0.15) is 0 Å². The molecular weight excluding hydrogens is 634 g/mol. The van der Waals surface area contributed by atoms with E-state index >= 15 is 0 Å². The molecule has 47 heavy (non-hydrogen) atoms. The summed E-state index contributed by atoms with van der Waals surface area (Å²) in [5.41, 5.74) is 8.12. The summed E-state index contributed by atoms with van der Waals surface area (Å²) in [5, 5.41) is 0. The highest BCUT2D eigenvalue weighted by atomic mass is 31.2. The van der Waals surface area contributed by atoms with E-state index in [4.69, 9.17) is 19.8 Å². The van der Waals surface area contributed by atoms with Crippen molar-refractivity contribution in [3.05, 3.63) is 134 Å². The Morgan fingerprint density at radius 1 is 0.489 bits per heavy atom. The van der Waals surface area contributed by atoms with Gasteiger partial charge in [0.05, 0.1) is 11.4 Å². The zero-order chi connectivity index (χ0) is 33.0. The van der Waals surface area contributed by atoms with Crippen LogP contribution in [0.3, 0.4) is 0 Å². The molecule has 0 fully saturated rings. The fraction of sp³-hybridized carbons (Fsp3) is 0.0857. The number of hydrogen-bond donors (Lipinski definition) is 4. The van der Waals surface area contributed by atoms with Gasteiger partial charge in [-0.05, 0) is 28.3 Å². The molecule has 3 aromatic carbocycles. The van der Waals surface area contributed by atoms with E-state index in [0.717, 1.165) is 50.3 Å². The second kappa shape index (κ2) is 13.6. The van der Waals surface area contributed by atoms with Crippen molar-refractivity contribution in [2.75, 3.05) is 6.16 Å². The molecule has 0 aliphatic carbocycles. The molecule has 0 aliphatic heterocycles. The normalized spacial score (nSPS) is 11.8. The van der Waals surface area contributed by atoms with E-state index in [1.807, 2.05) is 122 Å². The molecular formula is C35H32N4O6P2+2. The van der Waals surface area contributed by atoms with Crippen molar-refractivity contribution >= 4 is 15.2 Å². The van der Waals surface area contributed by atoms with Gasteiger partial charge in [-0.15, -0.1) is 0 Å². The lowest BCUT2D eigenvalue weighted by Gasteiger charge is -2.11. The summed E-state index contributed by atoms with van der Waals surface area (Å²) in [7, 11) is -8.22. The fourth-order valence-electron chi connectivity index (χ4n) is 5.13. The lowest BCUT2D eigenvalue weighted by atomic mass is 10.0. The van der Waals surface area contributed by atoms with Crippen LogP contribution in [0.4, 0.5) is 0 Å². The van der Waals surface area contributed by atoms with E-state index in [-0.39, 0.29) is 19.0 Å². The molecule has 12 heteroatoms. The molecule has 0 atom stereocenters. The molecule has 0 amide bonds. The number of rotatable bonds is 10. The molecule has 0 bridgehead atoms. The van der Waals surface area contributed by atoms with Crippen LogP contribution in [0.25, 0.3) is 56.2 Å². The predicted octanol–water partition coefficient (Wildman–Crippen LogP) is 5.70. The van der Waals surface area contributed by atoms with Crippen molar-refractivity contribution in [3.63, 3.8) is 0 Å². The SMILES string of the molecule is O=P(O)(O)CC[n+]1ccc(-c2ccc(-c3cc(-c4ccc(-c5cc[n+](CP(=O)(O)O)cc5)cc4)nc(-c4ccccc4)n3)cc2)cc1. The van der Waals surface area contributed by atoms with Crippen molar-refractivity contribution in [2.24, 2.45) is 0 Å². The molecule has 6 rings (SSSR count). The maximum Gasteiger partial charge on any atom is 0.390 e. The lowest BCUT2D eigenvalue weighted by molar-refractivity contribution is -0.692. The van der Waals surface area contributed by atoms with Crippen molar-refractivity contribution in [1.82, 2.24) is 9.97 Å². The molecule has 3 heterocycles. The van der Waals surface area contributed by atoms with Crippen molar-refractivity contribution in [1.29, 1.82) is 0 Å². The van der Waals surface area contributed by atoms with Crippen LogP contribution in [0.2, 0.25) is 0 Å². The van der Waals surface area contributed by atoms with Crippen molar-refractivity contribution in [2.45, 2.75) is 12.8 Å². The molecule has 6 aromatic rings. The molecule has 4 N–H and O–H groups in total. The van der Waals surface area contributed by atoms with Gasteiger partial charge in [0.1, 0.15) is 6.16 Å². The van der Waals surface area contributed by atoms with Gasteiger partial charge in [0.15, 0.2) is 37.2 Å². The topological polar surface area (TPSA) is 149 Å². The Kier molecular flexibility index (Phi) is 9.34. The first-order valence-corrected chi connectivity index (χ1v) is 18.3.